The molecule has 1 aliphatic heterocycles. The first-order valence-corrected chi connectivity index (χ1v) is 10.7. The largest absolute Gasteiger partial charge is 0.481 e. The lowest BCUT2D eigenvalue weighted by atomic mass is 10.0. The number of methoxy groups -OCH3 is 1. The van der Waals surface area contributed by atoms with Gasteiger partial charge < -0.3 is 20.1 Å². The number of pyridine rings is 2. The number of ether oxygens (including phenoxy) is 2. The fourth-order valence-corrected chi connectivity index (χ4v) is 3.67. The second kappa shape index (κ2) is 10.3. The van der Waals surface area contributed by atoms with Crippen molar-refractivity contribution in [2.75, 3.05) is 50.6 Å². The molecular formula is C23H28N6O3. The maximum Gasteiger partial charge on any atom is 0.320 e. The van der Waals surface area contributed by atoms with E-state index >= 15 is 0 Å². The van der Waals surface area contributed by atoms with Gasteiger partial charge in [0.25, 0.3) is 0 Å². The molecule has 3 heterocycles. The van der Waals surface area contributed by atoms with Gasteiger partial charge in [-0.3, -0.25) is 10.2 Å². The summed E-state index contributed by atoms with van der Waals surface area (Å²) in [5.41, 5.74) is 2.04. The van der Waals surface area contributed by atoms with Crippen molar-refractivity contribution < 1.29 is 14.3 Å². The van der Waals surface area contributed by atoms with Gasteiger partial charge in [0.2, 0.25) is 5.88 Å². The number of hydrogen-bond acceptors (Lipinski definition) is 7. The number of nitrogens with one attached hydrogen (secondary N) is 3. The highest BCUT2D eigenvalue weighted by molar-refractivity contribution is 5.99. The van der Waals surface area contributed by atoms with Crippen molar-refractivity contribution in [3.8, 4) is 5.88 Å². The van der Waals surface area contributed by atoms with E-state index in [2.05, 4.69) is 36.9 Å². The van der Waals surface area contributed by atoms with Gasteiger partial charge in [-0.1, -0.05) is 12.1 Å². The monoisotopic (exact) mass is 436 g/mol. The maximum absolute atomic E-state index is 12.0. The number of anilines is 3. The zero-order chi connectivity index (χ0) is 22.3. The molecule has 0 radical (unpaired) electrons. The molecular weight excluding hydrogens is 408 g/mol. The molecule has 9 nitrogen and oxygen atoms in total. The van der Waals surface area contributed by atoms with Crippen LogP contribution in [0.25, 0.3) is 10.8 Å². The molecule has 0 aliphatic carbocycles. The van der Waals surface area contributed by atoms with Crippen molar-refractivity contribution in [3.63, 3.8) is 0 Å². The highest BCUT2D eigenvalue weighted by Crippen LogP contribution is 2.31. The van der Waals surface area contributed by atoms with Crippen LogP contribution in [0.3, 0.4) is 0 Å². The molecule has 1 aliphatic rings. The molecule has 0 atom stereocenters. The van der Waals surface area contributed by atoms with Gasteiger partial charge in [-0.2, -0.15) is 4.98 Å². The number of hydrogen-bond donors (Lipinski definition) is 3. The summed E-state index contributed by atoms with van der Waals surface area (Å²) in [6.45, 7) is 6.48. The number of rotatable bonds is 7. The van der Waals surface area contributed by atoms with Crippen LogP contribution in [0.2, 0.25) is 0 Å². The summed E-state index contributed by atoms with van der Waals surface area (Å²) in [6, 6.07) is 11.4. The van der Waals surface area contributed by atoms with E-state index in [0.29, 0.717) is 24.1 Å². The lowest BCUT2D eigenvalue weighted by molar-refractivity contribution is 0.0344. The van der Waals surface area contributed by atoms with E-state index in [1.807, 2.05) is 31.2 Å². The first-order chi connectivity index (χ1) is 15.7. The number of morpholine rings is 1. The average Bonchev–Trinajstić information content (AvgIpc) is 2.81. The van der Waals surface area contributed by atoms with Crippen LogP contribution in [-0.4, -0.2) is 60.9 Å². The minimum absolute atomic E-state index is 0.274. The quantitative estimate of drug-likeness (QED) is 0.522. The van der Waals surface area contributed by atoms with E-state index in [1.54, 1.807) is 19.4 Å². The summed E-state index contributed by atoms with van der Waals surface area (Å²) in [5, 5.41) is 10.9. The van der Waals surface area contributed by atoms with Gasteiger partial charge in [0.1, 0.15) is 11.6 Å². The Labute approximate surface area is 187 Å². The topological polar surface area (TPSA) is 101 Å². The summed E-state index contributed by atoms with van der Waals surface area (Å²) in [6.07, 6.45) is 1.78. The number of urea groups is 1. The van der Waals surface area contributed by atoms with Gasteiger partial charge in [-0.15, -0.1) is 0 Å². The lowest BCUT2D eigenvalue weighted by Gasteiger charge is -2.27. The van der Waals surface area contributed by atoms with Crippen molar-refractivity contribution in [2.45, 2.75) is 13.5 Å². The van der Waals surface area contributed by atoms with Crippen molar-refractivity contribution in [1.29, 1.82) is 0 Å². The van der Waals surface area contributed by atoms with E-state index in [4.69, 9.17) is 9.47 Å². The van der Waals surface area contributed by atoms with E-state index in [-0.39, 0.29) is 6.03 Å². The summed E-state index contributed by atoms with van der Waals surface area (Å²) in [7, 11) is 1.59. The first kappa shape index (κ1) is 21.8. The number of nitrogens with zero attached hydrogens (tertiary/aromatic N) is 3. The third kappa shape index (κ3) is 5.24. The molecule has 1 aromatic carbocycles. The molecule has 3 N–H and O–H groups in total. The van der Waals surface area contributed by atoms with E-state index in [0.717, 1.165) is 54.9 Å². The second-order valence-corrected chi connectivity index (χ2v) is 7.45. The van der Waals surface area contributed by atoms with Crippen LogP contribution in [0.1, 0.15) is 12.5 Å². The Morgan fingerprint density at radius 3 is 2.78 bits per heavy atom. The number of carbonyl (C=O) groups is 1. The summed E-state index contributed by atoms with van der Waals surface area (Å²) < 4.78 is 10.7. The van der Waals surface area contributed by atoms with Crippen LogP contribution >= 0.6 is 0 Å². The Morgan fingerprint density at radius 1 is 1.16 bits per heavy atom. The fraction of sp³-hybridized carbons (Fsp3) is 0.348. The van der Waals surface area contributed by atoms with Gasteiger partial charge in [0, 0.05) is 49.5 Å². The van der Waals surface area contributed by atoms with Crippen molar-refractivity contribution in [3.05, 3.63) is 48.2 Å². The number of amides is 2. The second-order valence-electron chi connectivity index (χ2n) is 7.45. The van der Waals surface area contributed by atoms with Crippen LogP contribution in [0.5, 0.6) is 5.88 Å². The summed E-state index contributed by atoms with van der Waals surface area (Å²) >= 11 is 0. The lowest BCUT2D eigenvalue weighted by Crippen LogP contribution is -2.35. The fourth-order valence-electron chi connectivity index (χ4n) is 3.67. The van der Waals surface area contributed by atoms with E-state index in [9.17, 15) is 4.79 Å². The SMILES string of the molecule is CCNC(=O)Nc1cc2c(CN3CCOCC3)ccc(Nc3cccc(OC)n3)c2cn1. The van der Waals surface area contributed by atoms with Gasteiger partial charge in [0.15, 0.2) is 0 Å². The van der Waals surface area contributed by atoms with Gasteiger partial charge >= 0.3 is 6.03 Å². The predicted molar refractivity (Wildman–Crippen MR) is 125 cm³/mol. The number of aromatic nitrogens is 2. The molecule has 32 heavy (non-hydrogen) atoms. The van der Waals surface area contributed by atoms with Crippen LogP contribution in [0.4, 0.5) is 22.1 Å². The van der Waals surface area contributed by atoms with E-state index < -0.39 is 0 Å². The molecule has 1 fully saturated rings. The highest BCUT2D eigenvalue weighted by atomic mass is 16.5. The molecule has 168 valence electrons. The molecule has 3 aromatic rings. The molecule has 9 heteroatoms. The molecule has 4 rings (SSSR count). The zero-order valence-electron chi connectivity index (χ0n) is 18.4. The number of benzene rings is 1. The van der Waals surface area contributed by atoms with Crippen LogP contribution in [0, 0.1) is 0 Å². The maximum atomic E-state index is 12.0. The van der Waals surface area contributed by atoms with Crippen molar-refractivity contribution >= 4 is 34.1 Å². The van der Waals surface area contributed by atoms with Crippen LogP contribution < -0.4 is 20.7 Å². The van der Waals surface area contributed by atoms with Crippen molar-refractivity contribution in [1.82, 2.24) is 20.2 Å². The average molecular weight is 437 g/mol. The molecule has 2 aromatic heterocycles. The molecule has 2 amide bonds. The minimum Gasteiger partial charge on any atom is -0.481 e. The minimum atomic E-state index is -0.274. The molecule has 0 spiro atoms. The standard InChI is InChI=1S/C23H28N6O3/c1-3-24-23(30)28-21-13-17-16(15-29-9-11-32-12-10-29)7-8-19(18(17)14-25-21)26-20-5-4-6-22(27-20)31-2/h4-8,13-14H,3,9-12,15H2,1-2H3,(H,26,27)(H2,24,25,28,30). The molecule has 0 unspecified atom stereocenters. The normalized spacial score (nSPS) is 14.2. The van der Waals surface area contributed by atoms with Gasteiger partial charge in [0.05, 0.1) is 20.3 Å². The molecule has 1 saturated heterocycles. The third-order valence-corrected chi connectivity index (χ3v) is 5.26. The Bertz CT molecular complexity index is 1080. The van der Waals surface area contributed by atoms with Crippen molar-refractivity contribution in [2.24, 2.45) is 0 Å². The Balaban J connectivity index is 1.69. The summed E-state index contributed by atoms with van der Waals surface area (Å²) in [5.74, 6) is 1.72. The van der Waals surface area contributed by atoms with Crippen LogP contribution in [0.15, 0.2) is 42.6 Å². The smallest absolute Gasteiger partial charge is 0.320 e. The predicted octanol–water partition coefficient (Wildman–Crippen LogP) is 3.36. The highest BCUT2D eigenvalue weighted by Gasteiger charge is 2.15. The zero-order valence-corrected chi connectivity index (χ0v) is 18.4. The Morgan fingerprint density at radius 2 is 2.00 bits per heavy atom. The first-order valence-electron chi connectivity index (χ1n) is 10.7. The van der Waals surface area contributed by atoms with Gasteiger partial charge in [-0.25, -0.2) is 9.78 Å². The number of carbonyl (C=O) groups excluding carboxylic acids is 1. The summed E-state index contributed by atoms with van der Waals surface area (Å²) in [4.78, 5) is 23.3. The van der Waals surface area contributed by atoms with E-state index in [1.165, 1.54) is 0 Å². The Hall–Kier alpha value is -3.43. The van der Waals surface area contributed by atoms with Crippen LogP contribution in [-0.2, 0) is 11.3 Å². The molecule has 0 bridgehead atoms. The third-order valence-electron chi connectivity index (χ3n) is 5.26. The molecule has 0 saturated carbocycles. The number of fused-ring (bicyclic) bond motifs is 1. The van der Waals surface area contributed by atoms with Gasteiger partial charge in [-0.05, 0) is 36.1 Å². The Kier molecular flexibility index (Phi) is 6.98.